The van der Waals surface area contributed by atoms with Crippen molar-refractivity contribution in [2.45, 2.75) is 12.5 Å². The number of anilines is 1. The number of amides is 2. The van der Waals surface area contributed by atoms with Gasteiger partial charge in [0.15, 0.2) is 0 Å². The third-order valence-corrected chi connectivity index (χ3v) is 4.84. The predicted molar refractivity (Wildman–Crippen MR) is 98.9 cm³/mol. The molecule has 0 radical (unpaired) electrons. The van der Waals surface area contributed by atoms with Gasteiger partial charge in [-0.25, -0.2) is 4.79 Å². The van der Waals surface area contributed by atoms with E-state index >= 15 is 0 Å². The van der Waals surface area contributed by atoms with Gasteiger partial charge in [-0.2, -0.15) is 0 Å². The highest BCUT2D eigenvalue weighted by molar-refractivity contribution is 7.22. The monoisotopic (exact) mass is 371 g/mol. The van der Waals surface area contributed by atoms with Crippen LogP contribution >= 0.6 is 11.3 Å². The van der Waals surface area contributed by atoms with Gasteiger partial charge in [0.1, 0.15) is 6.61 Å². The summed E-state index contributed by atoms with van der Waals surface area (Å²) < 4.78 is 5.81. The fraction of sp³-hybridized carbons (Fsp3) is 0.167. The normalized spacial score (nSPS) is 11.9. The number of nitrogens with two attached hydrogens (primary N) is 1. The fourth-order valence-corrected chi connectivity index (χ4v) is 3.43. The molecule has 0 spiro atoms. The summed E-state index contributed by atoms with van der Waals surface area (Å²) in [4.78, 5) is 27.8. The predicted octanol–water partition coefficient (Wildman–Crippen LogP) is 2.61. The largest absolute Gasteiger partial charge is 0.449 e. The lowest BCUT2D eigenvalue weighted by Crippen LogP contribution is -2.27. The molecule has 0 aliphatic heterocycles. The third-order valence-electron chi connectivity index (χ3n) is 3.84. The van der Waals surface area contributed by atoms with Crippen LogP contribution in [0.5, 0.6) is 0 Å². The van der Waals surface area contributed by atoms with Crippen molar-refractivity contribution in [3.63, 3.8) is 0 Å². The van der Waals surface area contributed by atoms with Gasteiger partial charge in [-0.1, -0.05) is 24.3 Å². The van der Waals surface area contributed by atoms with Crippen molar-refractivity contribution in [2.75, 3.05) is 11.9 Å². The third kappa shape index (κ3) is 4.16. The first-order valence-electron chi connectivity index (χ1n) is 7.83. The number of thiophene rings is 1. The minimum Gasteiger partial charge on any atom is -0.449 e. The summed E-state index contributed by atoms with van der Waals surface area (Å²) in [7, 11) is 0. The number of primary amides is 1. The molecule has 0 fully saturated rings. The van der Waals surface area contributed by atoms with Gasteiger partial charge >= 0.3 is 6.09 Å². The van der Waals surface area contributed by atoms with Crippen LogP contribution < -0.4 is 11.1 Å². The molecule has 1 aromatic carbocycles. The Kier molecular flexibility index (Phi) is 5.45. The Bertz CT molecular complexity index is 891. The van der Waals surface area contributed by atoms with E-state index in [0.717, 1.165) is 15.6 Å². The van der Waals surface area contributed by atoms with Crippen LogP contribution in [-0.4, -0.2) is 28.7 Å². The van der Waals surface area contributed by atoms with Crippen LogP contribution in [0.4, 0.5) is 9.80 Å². The summed E-state index contributed by atoms with van der Waals surface area (Å²) >= 11 is 1.41. The first kappa shape index (κ1) is 17.8. The van der Waals surface area contributed by atoms with E-state index in [-0.39, 0.29) is 19.1 Å². The molecule has 0 unspecified atom stereocenters. The number of carbonyl (C=O) groups excluding carboxylic acids is 2. The highest BCUT2D eigenvalue weighted by Crippen LogP contribution is 2.30. The van der Waals surface area contributed by atoms with E-state index in [1.54, 1.807) is 36.7 Å². The molecule has 134 valence electrons. The Morgan fingerprint density at radius 1 is 1.27 bits per heavy atom. The van der Waals surface area contributed by atoms with Gasteiger partial charge in [0.05, 0.1) is 22.2 Å². The van der Waals surface area contributed by atoms with E-state index in [4.69, 9.17) is 15.6 Å². The molecule has 2 amide bonds. The second-order valence-corrected chi connectivity index (χ2v) is 6.68. The number of ether oxygens (including phenoxy) is 1. The Morgan fingerprint density at radius 2 is 2.04 bits per heavy atom. The van der Waals surface area contributed by atoms with E-state index < -0.39 is 12.0 Å². The molecular formula is C18H17N3O4S. The van der Waals surface area contributed by atoms with Crippen molar-refractivity contribution >= 4 is 38.4 Å². The highest BCUT2D eigenvalue weighted by Gasteiger charge is 2.23. The maximum Gasteiger partial charge on any atom is 0.404 e. The molecule has 0 aliphatic carbocycles. The first-order chi connectivity index (χ1) is 12.6. The molecule has 26 heavy (non-hydrogen) atoms. The number of fused-ring (bicyclic) bond motifs is 1. The van der Waals surface area contributed by atoms with Crippen LogP contribution in [-0.2, 0) is 16.1 Å². The number of aromatic nitrogens is 1. The Hall–Kier alpha value is -2.97. The molecular weight excluding hydrogens is 354 g/mol. The van der Waals surface area contributed by atoms with Crippen molar-refractivity contribution in [2.24, 2.45) is 5.73 Å². The SMILES string of the molecule is NC(=O)OC[C@@H](C(=O)Nc1cc2ccncc2s1)c1ccc(CO)cc1. The number of aliphatic hydroxyl groups excluding tert-OH is 1. The summed E-state index contributed by atoms with van der Waals surface area (Å²) in [6, 6.07) is 10.6. The fourth-order valence-electron chi connectivity index (χ4n) is 2.50. The average molecular weight is 371 g/mol. The minimum atomic E-state index is -0.942. The average Bonchev–Trinajstić information content (AvgIpc) is 3.04. The number of hydrogen-bond donors (Lipinski definition) is 3. The number of carbonyl (C=O) groups is 2. The molecule has 0 saturated heterocycles. The molecule has 2 aromatic heterocycles. The van der Waals surface area contributed by atoms with E-state index in [1.165, 1.54) is 11.3 Å². The van der Waals surface area contributed by atoms with Crippen LogP contribution in [0.3, 0.4) is 0 Å². The summed E-state index contributed by atoms with van der Waals surface area (Å²) in [6.45, 7) is -0.267. The number of nitrogens with zero attached hydrogens (tertiary/aromatic N) is 1. The van der Waals surface area contributed by atoms with Crippen LogP contribution in [0.1, 0.15) is 17.0 Å². The van der Waals surface area contributed by atoms with Gasteiger partial charge in [-0.15, -0.1) is 11.3 Å². The first-order valence-corrected chi connectivity index (χ1v) is 8.65. The minimum absolute atomic E-state index is 0.0925. The summed E-state index contributed by atoms with van der Waals surface area (Å²) in [6.07, 6.45) is 2.48. The maximum absolute atomic E-state index is 12.8. The van der Waals surface area contributed by atoms with Gasteiger partial charge in [-0.05, 0) is 28.6 Å². The van der Waals surface area contributed by atoms with E-state index in [9.17, 15) is 9.59 Å². The van der Waals surface area contributed by atoms with E-state index in [1.807, 2.05) is 12.1 Å². The lowest BCUT2D eigenvalue weighted by molar-refractivity contribution is -0.118. The van der Waals surface area contributed by atoms with Crippen molar-refractivity contribution in [3.8, 4) is 0 Å². The zero-order chi connectivity index (χ0) is 18.5. The molecule has 4 N–H and O–H groups in total. The molecule has 8 heteroatoms. The smallest absolute Gasteiger partial charge is 0.404 e. The van der Waals surface area contributed by atoms with Crippen molar-refractivity contribution in [3.05, 3.63) is 59.9 Å². The van der Waals surface area contributed by atoms with Crippen LogP contribution in [0, 0.1) is 0 Å². The Morgan fingerprint density at radius 3 is 2.69 bits per heavy atom. The standard InChI is InChI=1S/C18H17N3O4S/c19-18(24)25-10-14(12-3-1-11(9-22)2-4-12)17(23)21-16-7-13-5-6-20-8-15(13)26-16/h1-8,14,22H,9-10H2,(H2,19,24)(H,21,23)/t14-/m1/s1. The number of nitrogens with one attached hydrogen (secondary N) is 1. The lowest BCUT2D eigenvalue weighted by atomic mass is 9.98. The molecule has 1 atom stereocenters. The van der Waals surface area contributed by atoms with Crippen LogP contribution in [0.25, 0.3) is 10.1 Å². The summed E-state index contributed by atoms with van der Waals surface area (Å²) in [5.74, 6) is -1.04. The van der Waals surface area contributed by atoms with Crippen LogP contribution in [0.2, 0.25) is 0 Å². The van der Waals surface area contributed by atoms with E-state index in [2.05, 4.69) is 10.3 Å². The van der Waals surface area contributed by atoms with Crippen molar-refractivity contribution in [1.82, 2.24) is 4.98 Å². The molecule has 0 aliphatic rings. The van der Waals surface area contributed by atoms with Gasteiger partial charge in [-0.3, -0.25) is 9.78 Å². The zero-order valence-electron chi connectivity index (χ0n) is 13.7. The molecule has 2 heterocycles. The van der Waals surface area contributed by atoms with Crippen molar-refractivity contribution in [1.29, 1.82) is 0 Å². The quantitative estimate of drug-likeness (QED) is 0.616. The maximum atomic E-state index is 12.8. The number of aliphatic hydroxyl groups is 1. The topological polar surface area (TPSA) is 115 Å². The Balaban J connectivity index is 1.81. The molecule has 0 saturated carbocycles. The van der Waals surface area contributed by atoms with Gasteiger partial charge in [0.25, 0.3) is 0 Å². The number of benzene rings is 1. The zero-order valence-corrected chi connectivity index (χ0v) is 14.5. The Labute approximate surface area is 153 Å². The summed E-state index contributed by atoms with van der Waals surface area (Å²) in [5.41, 5.74) is 6.42. The highest BCUT2D eigenvalue weighted by atomic mass is 32.1. The van der Waals surface area contributed by atoms with Gasteiger partial charge in [0, 0.05) is 12.4 Å². The van der Waals surface area contributed by atoms with Crippen molar-refractivity contribution < 1.29 is 19.4 Å². The molecule has 0 bridgehead atoms. The van der Waals surface area contributed by atoms with Gasteiger partial charge in [0.2, 0.25) is 5.91 Å². The molecule has 3 aromatic rings. The molecule has 7 nitrogen and oxygen atoms in total. The number of pyridine rings is 1. The second kappa shape index (κ2) is 7.94. The summed E-state index contributed by atoms with van der Waals surface area (Å²) in [5, 5.41) is 13.7. The number of rotatable bonds is 6. The second-order valence-electron chi connectivity index (χ2n) is 5.60. The lowest BCUT2D eigenvalue weighted by Gasteiger charge is -2.16. The van der Waals surface area contributed by atoms with E-state index in [0.29, 0.717) is 10.6 Å². The van der Waals surface area contributed by atoms with Gasteiger partial charge < -0.3 is 20.9 Å². The number of hydrogen-bond acceptors (Lipinski definition) is 6. The molecule has 3 rings (SSSR count). The van der Waals surface area contributed by atoms with Crippen LogP contribution in [0.15, 0.2) is 48.8 Å².